The van der Waals surface area contributed by atoms with Gasteiger partial charge in [-0.05, 0) is 18.9 Å². The Bertz CT molecular complexity index is 294. The molecule has 0 saturated carbocycles. The van der Waals surface area contributed by atoms with E-state index in [9.17, 15) is 0 Å². The van der Waals surface area contributed by atoms with Crippen LogP contribution in [0.25, 0.3) is 0 Å². The van der Waals surface area contributed by atoms with Crippen LogP contribution in [0.3, 0.4) is 0 Å². The number of rotatable bonds is 2. The lowest BCUT2D eigenvalue weighted by atomic mass is 10.1. The Morgan fingerprint density at radius 3 is 2.64 bits per heavy atom. The molecule has 14 heavy (non-hydrogen) atoms. The lowest BCUT2D eigenvalue weighted by Gasteiger charge is -2.11. The first kappa shape index (κ1) is 9.69. The van der Waals surface area contributed by atoms with Gasteiger partial charge in [-0.1, -0.05) is 36.8 Å². The molecule has 2 nitrogen and oxygen atoms in total. The Hall–Kier alpha value is -0.860. The molecule has 0 aromatic heterocycles. The summed E-state index contributed by atoms with van der Waals surface area (Å²) in [6.45, 7) is 5.11. The van der Waals surface area contributed by atoms with Gasteiger partial charge in [-0.2, -0.15) is 0 Å². The van der Waals surface area contributed by atoms with Gasteiger partial charge >= 0.3 is 0 Å². The van der Waals surface area contributed by atoms with Crippen molar-refractivity contribution in [2.75, 3.05) is 6.61 Å². The van der Waals surface area contributed by atoms with Crippen LogP contribution in [0.1, 0.15) is 30.7 Å². The molecule has 2 atom stereocenters. The van der Waals surface area contributed by atoms with Crippen molar-refractivity contribution in [1.29, 1.82) is 0 Å². The lowest BCUT2D eigenvalue weighted by molar-refractivity contribution is 0.101. The predicted molar refractivity (Wildman–Crippen MR) is 57.1 cm³/mol. The van der Waals surface area contributed by atoms with Crippen molar-refractivity contribution in [3.05, 3.63) is 35.4 Å². The van der Waals surface area contributed by atoms with Crippen LogP contribution in [0.15, 0.2) is 24.3 Å². The smallest absolute Gasteiger partial charge is 0.134 e. The maximum Gasteiger partial charge on any atom is 0.134 e. The second kappa shape index (κ2) is 4.11. The van der Waals surface area contributed by atoms with Crippen molar-refractivity contribution >= 4 is 0 Å². The van der Waals surface area contributed by atoms with Crippen molar-refractivity contribution < 1.29 is 4.74 Å². The van der Waals surface area contributed by atoms with Gasteiger partial charge in [-0.15, -0.1) is 0 Å². The van der Waals surface area contributed by atoms with Crippen LogP contribution in [0.2, 0.25) is 0 Å². The highest BCUT2D eigenvalue weighted by Gasteiger charge is 2.23. The average Bonchev–Trinajstić information content (AvgIpc) is 2.67. The van der Waals surface area contributed by atoms with Crippen LogP contribution in [0.5, 0.6) is 0 Å². The number of aryl methyl sites for hydroxylation is 1. The van der Waals surface area contributed by atoms with Crippen molar-refractivity contribution in [2.24, 2.45) is 0 Å². The van der Waals surface area contributed by atoms with E-state index in [0.717, 1.165) is 13.0 Å². The Morgan fingerprint density at radius 1 is 1.36 bits per heavy atom. The minimum atomic E-state index is 0.0977. The summed E-state index contributed by atoms with van der Waals surface area (Å²) in [6.07, 6.45) is 1.23. The molecule has 1 aromatic carbocycles. The summed E-state index contributed by atoms with van der Waals surface area (Å²) in [5.74, 6) is 0. The Morgan fingerprint density at radius 2 is 2.07 bits per heavy atom. The normalized spacial score (nSPS) is 26.7. The summed E-state index contributed by atoms with van der Waals surface area (Å²) in [7, 11) is 0. The van der Waals surface area contributed by atoms with Gasteiger partial charge in [0.05, 0.1) is 6.61 Å². The summed E-state index contributed by atoms with van der Waals surface area (Å²) >= 11 is 0. The average molecular weight is 191 g/mol. The summed E-state index contributed by atoms with van der Waals surface area (Å²) < 4.78 is 5.67. The van der Waals surface area contributed by atoms with Crippen LogP contribution in [-0.2, 0) is 4.74 Å². The largest absolute Gasteiger partial charge is 0.357 e. The number of benzene rings is 1. The molecular formula is C12H17NO. The van der Waals surface area contributed by atoms with Crippen molar-refractivity contribution in [3.63, 3.8) is 0 Å². The molecule has 0 amide bonds. The maximum atomic E-state index is 5.67. The zero-order valence-electron chi connectivity index (χ0n) is 8.79. The summed E-state index contributed by atoms with van der Waals surface area (Å²) in [4.78, 5) is 0. The zero-order chi connectivity index (χ0) is 9.97. The molecule has 0 radical (unpaired) electrons. The van der Waals surface area contributed by atoms with Gasteiger partial charge in [-0.3, -0.25) is 5.32 Å². The fourth-order valence-electron chi connectivity index (χ4n) is 1.69. The van der Waals surface area contributed by atoms with Gasteiger partial charge in [0.2, 0.25) is 0 Å². The van der Waals surface area contributed by atoms with Crippen LogP contribution in [0.4, 0.5) is 0 Å². The van der Waals surface area contributed by atoms with Crippen LogP contribution in [-0.4, -0.2) is 12.6 Å². The molecule has 0 spiro atoms. The van der Waals surface area contributed by atoms with E-state index < -0.39 is 0 Å². The molecule has 1 saturated heterocycles. The second-order valence-electron chi connectivity index (χ2n) is 3.90. The Kier molecular flexibility index (Phi) is 2.85. The number of hydrogen-bond donors (Lipinski definition) is 1. The van der Waals surface area contributed by atoms with E-state index >= 15 is 0 Å². The fourth-order valence-corrected chi connectivity index (χ4v) is 1.69. The van der Waals surface area contributed by atoms with Gasteiger partial charge in [0.1, 0.15) is 6.23 Å². The third-order valence-corrected chi connectivity index (χ3v) is 2.72. The zero-order valence-corrected chi connectivity index (χ0v) is 8.79. The van der Waals surface area contributed by atoms with Crippen molar-refractivity contribution in [2.45, 2.75) is 32.5 Å². The minimum absolute atomic E-state index is 0.0977. The van der Waals surface area contributed by atoms with E-state index in [1.54, 1.807) is 0 Å². The van der Waals surface area contributed by atoms with Gasteiger partial charge in [0, 0.05) is 6.04 Å². The van der Waals surface area contributed by atoms with E-state index in [1.165, 1.54) is 11.1 Å². The van der Waals surface area contributed by atoms with Crippen molar-refractivity contribution in [3.8, 4) is 0 Å². The molecule has 2 heteroatoms. The van der Waals surface area contributed by atoms with Gasteiger partial charge < -0.3 is 4.74 Å². The van der Waals surface area contributed by atoms with Crippen LogP contribution in [0, 0.1) is 6.92 Å². The molecule has 1 N–H and O–H groups in total. The van der Waals surface area contributed by atoms with E-state index in [-0.39, 0.29) is 6.23 Å². The highest BCUT2D eigenvalue weighted by molar-refractivity contribution is 5.23. The Labute approximate surface area is 85.3 Å². The molecule has 2 rings (SSSR count). The molecule has 1 unspecified atom stereocenters. The molecule has 0 aliphatic carbocycles. The fraction of sp³-hybridized carbons (Fsp3) is 0.500. The topological polar surface area (TPSA) is 21.3 Å². The molecule has 1 aromatic rings. The first-order valence-corrected chi connectivity index (χ1v) is 5.24. The molecule has 1 aliphatic heterocycles. The first-order chi connectivity index (χ1) is 6.79. The van der Waals surface area contributed by atoms with Crippen LogP contribution < -0.4 is 5.32 Å². The lowest BCUT2D eigenvalue weighted by Crippen LogP contribution is -2.24. The first-order valence-electron chi connectivity index (χ1n) is 5.24. The highest BCUT2D eigenvalue weighted by atomic mass is 16.5. The van der Waals surface area contributed by atoms with E-state index in [1.807, 2.05) is 0 Å². The third kappa shape index (κ3) is 1.97. The molecule has 76 valence electrons. The number of ether oxygens (including phenoxy) is 1. The molecule has 1 heterocycles. The monoisotopic (exact) mass is 191 g/mol. The minimum Gasteiger partial charge on any atom is -0.357 e. The molecule has 1 fully saturated rings. The summed E-state index contributed by atoms with van der Waals surface area (Å²) in [5.41, 5.74) is 2.52. The second-order valence-corrected chi connectivity index (χ2v) is 3.90. The Balaban J connectivity index is 2.06. The van der Waals surface area contributed by atoms with E-state index in [2.05, 4.69) is 43.4 Å². The summed E-state index contributed by atoms with van der Waals surface area (Å²) in [5, 5.41) is 3.45. The van der Waals surface area contributed by atoms with E-state index in [4.69, 9.17) is 4.74 Å². The maximum absolute atomic E-state index is 5.67. The van der Waals surface area contributed by atoms with Gasteiger partial charge in [0.15, 0.2) is 0 Å². The third-order valence-electron chi connectivity index (χ3n) is 2.72. The summed E-state index contributed by atoms with van der Waals surface area (Å²) in [6, 6.07) is 9.02. The van der Waals surface area contributed by atoms with Crippen LogP contribution >= 0.6 is 0 Å². The number of hydrogen-bond acceptors (Lipinski definition) is 2. The van der Waals surface area contributed by atoms with Gasteiger partial charge in [0.25, 0.3) is 0 Å². The standard InChI is InChI=1S/C12H17NO/c1-3-11-8-14-12(13-11)10-6-4-9(2)5-7-10/h4-7,11-13H,3,8H2,1-2H3/t11-,12?/m0/s1. The quantitative estimate of drug-likeness (QED) is 0.775. The SMILES string of the molecule is CC[C@H]1COC(c2ccc(C)cc2)N1. The van der Waals surface area contributed by atoms with Gasteiger partial charge in [-0.25, -0.2) is 0 Å². The number of nitrogens with one attached hydrogen (secondary N) is 1. The highest BCUT2D eigenvalue weighted by Crippen LogP contribution is 2.21. The molecule has 0 bridgehead atoms. The molecule has 1 aliphatic rings. The van der Waals surface area contributed by atoms with Crippen molar-refractivity contribution in [1.82, 2.24) is 5.32 Å². The van der Waals surface area contributed by atoms with E-state index in [0.29, 0.717) is 6.04 Å². The molecular weight excluding hydrogens is 174 g/mol. The predicted octanol–water partition coefficient (Wildman–Crippen LogP) is 2.39.